The molecular weight excluding hydrogens is 913 g/mol. The number of carbonyl (C=O) groups is 3. The van der Waals surface area contributed by atoms with Crippen LogP contribution >= 0.6 is 0 Å². The number of aliphatic carboxylic acids is 3. The summed E-state index contributed by atoms with van der Waals surface area (Å²) in [6.45, 7) is 15.5. The molecular formula is C60H86O12. The average Bonchev–Trinajstić information content (AvgIpc) is 3.38. The van der Waals surface area contributed by atoms with Crippen LogP contribution in [-0.4, -0.2) is 85.8 Å². The minimum atomic E-state index is -1.02. The monoisotopic (exact) mass is 999 g/mol. The van der Waals surface area contributed by atoms with Gasteiger partial charge in [-0.25, -0.2) is 14.4 Å². The predicted molar refractivity (Wildman–Crippen MR) is 288 cm³/mol. The third kappa shape index (κ3) is 28.6. The molecule has 398 valence electrons. The quantitative estimate of drug-likeness (QED) is 0.0279. The number of hydrogen-bond acceptors (Lipinski definition) is 9. The highest BCUT2D eigenvalue weighted by Crippen LogP contribution is 2.22. The Bertz CT molecular complexity index is 1860. The van der Waals surface area contributed by atoms with Gasteiger partial charge in [-0.05, 0) is 91.6 Å². The van der Waals surface area contributed by atoms with E-state index in [4.69, 9.17) is 43.7 Å². The van der Waals surface area contributed by atoms with E-state index in [0.717, 1.165) is 101 Å². The van der Waals surface area contributed by atoms with Crippen LogP contribution in [0.2, 0.25) is 0 Å². The van der Waals surface area contributed by atoms with E-state index in [1.54, 1.807) is 72.8 Å². The molecule has 3 aromatic rings. The summed E-state index contributed by atoms with van der Waals surface area (Å²) in [7, 11) is 0. The number of carboxylic acids is 3. The number of unbranched alkanes of at least 4 members (excludes halogenated alkanes) is 21. The summed E-state index contributed by atoms with van der Waals surface area (Å²) in [5, 5.41) is 27.3. The first kappa shape index (κ1) is 60.9. The highest BCUT2D eigenvalue weighted by molar-refractivity contribution is 6.15. The molecule has 0 saturated heterocycles. The van der Waals surface area contributed by atoms with Crippen LogP contribution in [0.4, 0.5) is 0 Å². The van der Waals surface area contributed by atoms with E-state index >= 15 is 0 Å². The Labute approximate surface area is 430 Å². The van der Waals surface area contributed by atoms with Crippen LogP contribution < -0.4 is 14.2 Å². The van der Waals surface area contributed by atoms with E-state index in [9.17, 15) is 14.4 Å². The molecule has 12 heteroatoms. The number of carboxylic acid groups (broad SMARTS) is 3. The average molecular weight is 999 g/mol. The SMILES string of the molecule is C=C(C(=O)O)c1ccc(OCCCCCCCCCCOCCC(OCCCCCCCCCCOc2ccc(C(=C)C(=O)O)cc2)OCCCCCCCCCCOc2ccc(C(=C)C(=O)O)cc2)cc1. The minimum absolute atomic E-state index is 0.0782. The molecule has 0 aromatic heterocycles. The van der Waals surface area contributed by atoms with Gasteiger partial charge in [0.25, 0.3) is 0 Å². The molecule has 0 aliphatic heterocycles. The highest BCUT2D eigenvalue weighted by atomic mass is 16.7. The molecule has 0 fully saturated rings. The molecule has 0 unspecified atom stereocenters. The Balaban J connectivity index is 1.19. The third-order valence-electron chi connectivity index (χ3n) is 12.6. The lowest BCUT2D eigenvalue weighted by molar-refractivity contribution is -0.154. The fourth-order valence-electron chi connectivity index (χ4n) is 8.02. The maximum Gasteiger partial charge on any atom is 0.335 e. The van der Waals surface area contributed by atoms with Gasteiger partial charge in [-0.15, -0.1) is 0 Å². The summed E-state index contributed by atoms with van der Waals surface area (Å²) in [4.78, 5) is 33.3. The van der Waals surface area contributed by atoms with Gasteiger partial charge in [-0.2, -0.15) is 0 Å². The van der Waals surface area contributed by atoms with E-state index in [1.165, 1.54) is 83.5 Å². The van der Waals surface area contributed by atoms with Gasteiger partial charge in [0.1, 0.15) is 17.2 Å². The zero-order valence-corrected chi connectivity index (χ0v) is 43.3. The molecule has 0 bridgehead atoms. The third-order valence-corrected chi connectivity index (χ3v) is 12.6. The summed E-state index contributed by atoms with van der Waals surface area (Å²) in [5.41, 5.74) is 2.00. The van der Waals surface area contributed by atoms with Crippen molar-refractivity contribution in [3.63, 3.8) is 0 Å². The van der Waals surface area contributed by atoms with Crippen LogP contribution in [0.15, 0.2) is 92.5 Å². The molecule has 0 saturated carbocycles. The van der Waals surface area contributed by atoms with Crippen molar-refractivity contribution < 1.29 is 58.1 Å². The zero-order valence-electron chi connectivity index (χ0n) is 43.3. The highest BCUT2D eigenvalue weighted by Gasteiger charge is 2.12. The molecule has 0 radical (unpaired) electrons. The van der Waals surface area contributed by atoms with Crippen molar-refractivity contribution in [1.29, 1.82) is 0 Å². The van der Waals surface area contributed by atoms with Gasteiger partial charge in [0.05, 0.1) is 43.1 Å². The standard InChI is InChI=1S/C60H86O12/c1-48(58(61)62)51-28-34-54(35-29-51)68-42-23-17-11-5-4-10-16-22-41-67-47-40-57(71-45-26-20-14-8-6-12-18-24-43-69-55-36-30-52(31-37-55)49(2)59(63)64)72-46-27-21-15-9-7-13-19-25-44-70-56-38-32-53(33-39-56)50(3)60(65)66/h28-39,57H,1-27,40-47H2,(H,61,62)(H,63,64)(H,65,66). The van der Waals surface area contributed by atoms with Gasteiger partial charge >= 0.3 is 17.9 Å². The fourth-order valence-corrected chi connectivity index (χ4v) is 8.02. The van der Waals surface area contributed by atoms with Crippen LogP contribution in [0.5, 0.6) is 17.2 Å². The van der Waals surface area contributed by atoms with Crippen LogP contribution in [0.3, 0.4) is 0 Å². The van der Waals surface area contributed by atoms with Crippen molar-refractivity contribution in [3.05, 3.63) is 109 Å². The summed E-state index contributed by atoms with van der Waals surface area (Å²) >= 11 is 0. The Kier molecular flexibility index (Phi) is 33.1. The van der Waals surface area contributed by atoms with Crippen molar-refractivity contribution in [3.8, 4) is 17.2 Å². The first-order chi connectivity index (χ1) is 35.0. The second kappa shape index (κ2) is 39.1. The topological polar surface area (TPSA) is 167 Å². The van der Waals surface area contributed by atoms with Crippen LogP contribution in [0.25, 0.3) is 16.7 Å². The van der Waals surface area contributed by atoms with Crippen molar-refractivity contribution in [1.82, 2.24) is 0 Å². The molecule has 0 aliphatic rings. The van der Waals surface area contributed by atoms with Gasteiger partial charge in [0.15, 0.2) is 6.29 Å². The van der Waals surface area contributed by atoms with E-state index in [-0.39, 0.29) is 23.0 Å². The summed E-state index contributed by atoms with van der Waals surface area (Å²) in [6, 6.07) is 21.2. The number of hydrogen-bond donors (Lipinski definition) is 3. The molecule has 3 aromatic carbocycles. The molecule has 0 heterocycles. The van der Waals surface area contributed by atoms with Crippen molar-refractivity contribution in [2.24, 2.45) is 0 Å². The molecule has 3 N–H and O–H groups in total. The number of rotatable bonds is 47. The van der Waals surface area contributed by atoms with Crippen LogP contribution in [-0.2, 0) is 28.6 Å². The van der Waals surface area contributed by atoms with Gasteiger partial charge in [0, 0.05) is 26.2 Å². The molecule has 12 nitrogen and oxygen atoms in total. The fraction of sp³-hybridized carbons (Fsp3) is 0.550. The predicted octanol–water partition coefficient (Wildman–Crippen LogP) is 14.6. The molecule has 0 spiro atoms. The maximum atomic E-state index is 11.1. The normalized spacial score (nSPS) is 11.1. The van der Waals surface area contributed by atoms with E-state index < -0.39 is 17.9 Å². The zero-order chi connectivity index (χ0) is 51.9. The Hall–Kier alpha value is -5.43. The molecule has 0 atom stereocenters. The van der Waals surface area contributed by atoms with Crippen molar-refractivity contribution >= 4 is 34.6 Å². The van der Waals surface area contributed by atoms with E-state index in [0.29, 0.717) is 56.3 Å². The second-order valence-corrected chi connectivity index (χ2v) is 18.5. The Morgan fingerprint density at radius 1 is 0.333 bits per heavy atom. The van der Waals surface area contributed by atoms with E-state index in [1.807, 2.05) is 0 Å². The van der Waals surface area contributed by atoms with Gasteiger partial charge < -0.3 is 43.7 Å². The summed E-state index contributed by atoms with van der Waals surface area (Å²) in [5.74, 6) is -0.822. The number of ether oxygens (including phenoxy) is 6. The minimum Gasteiger partial charge on any atom is -0.494 e. The molecule has 72 heavy (non-hydrogen) atoms. The van der Waals surface area contributed by atoms with E-state index in [2.05, 4.69) is 19.7 Å². The lowest BCUT2D eigenvalue weighted by atomic mass is 10.1. The lowest BCUT2D eigenvalue weighted by Gasteiger charge is -2.19. The Morgan fingerprint density at radius 2 is 0.569 bits per heavy atom. The molecule has 0 aliphatic carbocycles. The van der Waals surface area contributed by atoms with Gasteiger partial charge in [-0.3, -0.25) is 0 Å². The van der Waals surface area contributed by atoms with Crippen molar-refractivity contribution in [2.45, 2.75) is 167 Å². The Morgan fingerprint density at radius 3 is 0.833 bits per heavy atom. The summed E-state index contributed by atoms with van der Waals surface area (Å²) < 4.78 is 36.0. The van der Waals surface area contributed by atoms with Gasteiger partial charge in [-0.1, -0.05) is 172 Å². The maximum absolute atomic E-state index is 11.1. The molecule has 3 rings (SSSR count). The van der Waals surface area contributed by atoms with Crippen LogP contribution in [0, 0.1) is 0 Å². The largest absolute Gasteiger partial charge is 0.494 e. The smallest absolute Gasteiger partial charge is 0.335 e. The van der Waals surface area contributed by atoms with Crippen LogP contribution in [0.1, 0.15) is 177 Å². The summed E-state index contributed by atoms with van der Waals surface area (Å²) in [6.07, 6.45) is 27.9. The molecule has 0 amide bonds. The first-order valence-corrected chi connectivity index (χ1v) is 26.8. The number of benzene rings is 3. The second-order valence-electron chi connectivity index (χ2n) is 18.5. The van der Waals surface area contributed by atoms with Crippen molar-refractivity contribution in [2.75, 3.05) is 46.2 Å². The first-order valence-electron chi connectivity index (χ1n) is 26.8. The lowest BCUT2D eigenvalue weighted by Crippen LogP contribution is -2.21. The van der Waals surface area contributed by atoms with Gasteiger partial charge in [0.2, 0.25) is 0 Å².